The molecular weight excluding hydrogens is 352 g/mol. The summed E-state index contributed by atoms with van der Waals surface area (Å²) in [6.07, 6.45) is 3.17. The molecule has 0 aromatic carbocycles. The van der Waals surface area contributed by atoms with E-state index >= 15 is 0 Å². The van der Waals surface area contributed by atoms with Crippen LogP contribution >= 0.6 is 0 Å². The number of rotatable bonds is 17. The van der Waals surface area contributed by atoms with E-state index in [1.807, 2.05) is 0 Å². The third-order valence-electron chi connectivity index (χ3n) is 4.83. The summed E-state index contributed by atoms with van der Waals surface area (Å²) >= 11 is 0. The molecule has 0 aliphatic heterocycles. The Kier molecular flexibility index (Phi) is 13.3. The van der Waals surface area contributed by atoms with Crippen LogP contribution < -0.4 is 16.0 Å². The van der Waals surface area contributed by atoms with Crippen LogP contribution in [-0.4, -0.2) is 83.7 Å². The molecule has 28 heavy (non-hydrogen) atoms. The molecule has 0 radical (unpaired) electrons. The van der Waals surface area contributed by atoms with Gasteiger partial charge >= 0.3 is 0 Å². The van der Waals surface area contributed by atoms with Crippen LogP contribution in [0.25, 0.3) is 0 Å². The second-order valence-electron chi connectivity index (χ2n) is 6.85. The third-order valence-corrected chi connectivity index (χ3v) is 4.83. The first-order chi connectivity index (χ1) is 13.7. The van der Waals surface area contributed by atoms with Crippen molar-refractivity contribution in [3.05, 3.63) is 0 Å². The molecule has 8 heteroatoms. The lowest BCUT2D eigenvalue weighted by Gasteiger charge is -2.18. The molecule has 0 atom stereocenters. The molecule has 162 valence electrons. The predicted octanol–water partition coefficient (Wildman–Crippen LogP) is 2.98. The number of aromatic nitrogens is 3. The SMILES string of the molecule is CCCNc1nc(NCCCN(CC)CC)nc(NCCCN(CC)CC)n1. The summed E-state index contributed by atoms with van der Waals surface area (Å²) in [5, 5.41) is 9.98. The molecule has 8 nitrogen and oxygen atoms in total. The maximum absolute atomic E-state index is 4.54. The van der Waals surface area contributed by atoms with Crippen molar-refractivity contribution in [3.8, 4) is 0 Å². The standard InChI is InChI=1S/C20H42N8/c1-6-13-21-18-24-19(22-14-11-16-27(7-2)8-3)26-20(25-18)23-15-12-17-28(9-4)10-5/h6-17H2,1-5H3,(H3,21,22,23,24,25,26). The first kappa shape index (κ1) is 24.4. The Morgan fingerprint density at radius 2 is 0.929 bits per heavy atom. The van der Waals surface area contributed by atoms with Crippen molar-refractivity contribution < 1.29 is 0 Å². The van der Waals surface area contributed by atoms with E-state index in [1.165, 1.54) is 0 Å². The number of hydrogen-bond acceptors (Lipinski definition) is 8. The zero-order valence-corrected chi connectivity index (χ0v) is 18.7. The van der Waals surface area contributed by atoms with Gasteiger partial charge in [-0.3, -0.25) is 0 Å². The number of nitrogens with zero attached hydrogens (tertiary/aromatic N) is 5. The molecule has 0 bridgehead atoms. The molecule has 1 aromatic rings. The van der Waals surface area contributed by atoms with E-state index in [0.717, 1.165) is 78.2 Å². The topological polar surface area (TPSA) is 81.2 Å². The van der Waals surface area contributed by atoms with E-state index in [9.17, 15) is 0 Å². The van der Waals surface area contributed by atoms with Crippen molar-refractivity contribution in [1.82, 2.24) is 24.8 Å². The minimum absolute atomic E-state index is 0.634. The number of nitrogens with one attached hydrogen (secondary N) is 3. The minimum Gasteiger partial charge on any atom is -0.354 e. The fourth-order valence-electron chi connectivity index (χ4n) is 2.94. The third kappa shape index (κ3) is 10.0. The molecule has 0 amide bonds. The molecule has 1 rings (SSSR count). The average molecular weight is 395 g/mol. The fourth-order valence-corrected chi connectivity index (χ4v) is 2.94. The predicted molar refractivity (Wildman–Crippen MR) is 120 cm³/mol. The maximum Gasteiger partial charge on any atom is 0.229 e. The summed E-state index contributed by atoms with van der Waals surface area (Å²) in [7, 11) is 0. The highest BCUT2D eigenvalue weighted by molar-refractivity contribution is 5.42. The zero-order valence-electron chi connectivity index (χ0n) is 18.7. The van der Waals surface area contributed by atoms with Crippen molar-refractivity contribution in [2.24, 2.45) is 0 Å². The second-order valence-corrected chi connectivity index (χ2v) is 6.85. The first-order valence-electron chi connectivity index (χ1n) is 11.1. The Morgan fingerprint density at radius 1 is 0.571 bits per heavy atom. The highest BCUT2D eigenvalue weighted by Gasteiger charge is 2.07. The molecule has 0 unspecified atom stereocenters. The summed E-state index contributed by atoms with van der Waals surface area (Å²) < 4.78 is 0. The van der Waals surface area contributed by atoms with Gasteiger partial charge in [-0.2, -0.15) is 15.0 Å². The highest BCUT2D eigenvalue weighted by atomic mass is 15.3. The lowest BCUT2D eigenvalue weighted by molar-refractivity contribution is 0.303. The van der Waals surface area contributed by atoms with Crippen molar-refractivity contribution in [1.29, 1.82) is 0 Å². The molecule has 0 saturated heterocycles. The Labute approximate surface area is 171 Å². The first-order valence-corrected chi connectivity index (χ1v) is 11.1. The molecule has 0 spiro atoms. The summed E-state index contributed by atoms with van der Waals surface area (Å²) in [5.74, 6) is 1.91. The Bertz CT molecular complexity index is 465. The van der Waals surface area contributed by atoms with Crippen LogP contribution in [-0.2, 0) is 0 Å². The van der Waals surface area contributed by atoms with Gasteiger partial charge in [-0.15, -0.1) is 0 Å². The van der Waals surface area contributed by atoms with Gasteiger partial charge in [0.25, 0.3) is 0 Å². The number of anilines is 3. The van der Waals surface area contributed by atoms with Crippen LogP contribution in [0, 0.1) is 0 Å². The zero-order chi connectivity index (χ0) is 20.6. The van der Waals surface area contributed by atoms with Crippen LogP contribution in [0.5, 0.6) is 0 Å². The van der Waals surface area contributed by atoms with E-state index in [2.05, 4.69) is 75.3 Å². The monoisotopic (exact) mass is 394 g/mol. The van der Waals surface area contributed by atoms with Crippen LogP contribution in [0.3, 0.4) is 0 Å². The molecule has 0 aliphatic carbocycles. The second kappa shape index (κ2) is 15.3. The van der Waals surface area contributed by atoms with Gasteiger partial charge in [0.15, 0.2) is 0 Å². The normalized spacial score (nSPS) is 11.2. The lowest BCUT2D eigenvalue weighted by atomic mass is 10.3. The van der Waals surface area contributed by atoms with Crippen molar-refractivity contribution in [2.45, 2.75) is 53.9 Å². The Hall–Kier alpha value is -1.67. The van der Waals surface area contributed by atoms with Gasteiger partial charge in [-0.1, -0.05) is 34.6 Å². The maximum atomic E-state index is 4.54. The smallest absolute Gasteiger partial charge is 0.229 e. The van der Waals surface area contributed by atoms with E-state index in [0.29, 0.717) is 17.8 Å². The van der Waals surface area contributed by atoms with Gasteiger partial charge in [-0.25, -0.2) is 0 Å². The molecular formula is C20H42N8. The van der Waals surface area contributed by atoms with E-state index in [4.69, 9.17) is 0 Å². The van der Waals surface area contributed by atoms with E-state index in [1.54, 1.807) is 0 Å². The molecule has 0 aliphatic rings. The van der Waals surface area contributed by atoms with Gasteiger partial charge in [0.2, 0.25) is 17.8 Å². The summed E-state index contributed by atoms with van der Waals surface area (Å²) in [6, 6.07) is 0. The summed E-state index contributed by atoms with van der Waals surface area (Å²) in [5.41, 5.74) is 0. The molecule has 0 saturated carbocycles. The van der Waals surface area contributed by atoms with Gasteiger partial charge in [0.05, 0.1) is 0 Å². The lowest BCUT2D eigenvalue weighted by Crippen LogP contribution is -2.26. The largest absolute Gasteiger partial charge is 0.354 e. The molecule has 1 heterocycles. The summed E-state index contributed by atoms with van der Waals surface area (Å²) in [6.45, 7) is 20.0. The van der Waals surface area contributed by atoms with Crippen LogP contribution in [0.1, 0.15) is 53.9 Å². The van der Waals surface area contributed by atoms with Crippen molar-refractivity contribution >= 4 is 17.8 Å². The number of hydrogen-bond donors (Lipinski definition) is 3. The summed E-state index contributed by atoms with van der Waals surface area (Å²) in [4.78, 5) is 18.4. The van der Waals surface area contributed by atoms with Gasteiger partial charge < -0.3 is 25.8 Å². The van der Waals surface area contributed by atoms with Gasteiger partial charge in [0, 0.05) is 19.6 Å². The van der Waals surface area contributed by atoms with Crippen LogP contribution in [0.2, 0.25) is 0 Å². The average Bonchev–Trinajstić information content (AvgIpc) is 2.72. The highest BCUT2D eigenvalue weighted by Crippen LogP contribution is 2.10. The van der Waals surface area contributed by atoms with Gasteiger partial charge in [0.1, 0.15) is 0 Å². The van der Waals surface area contributed by atoms with Crippen LogP contribution in [0.15, 0.2) is 0 Å². The molecule has 0 fully saturated rings. The Balaban J connectivity index is 2.56. The fraction of sp³-hybridized carbons (Fsp3) is 0.850. The van der Waals surface area contributed by atoms with Gasteiger partial charge in [-0.05, 0) is 58.5 Å². The van der Waals surface area contributed by atoms with Crippen LogP contribution in [0.4, 0.5) is 17.8 Å². The molecule has 3 N–H and O–H groups in total. The van der Waals surface area contributed by atoms with E-state index in [-0.39, 0.29) is 0 Å². The molecule has 1 aromatic heterocycles. The van der Waals surface area contributed by atoms with Crippen molar-refractivity contribution in [3.63, 3.8) is 0 Å². The quantitative estimate of drug-likeness (QED) is 0.348. The Morgan fingerprint density at radius 3 is 1.25 bits per heavy atom. The van der Waals surface area contributed by atoms with Crippen molar-refractivity contribution in [2.75, 3.05) is 74.9 Å². The minimum atomic E-state index is 0.634. The van der Waals surface area contributed by atoms with E-state index < -0.39 is 0 Å².